The van der Waals surface area contributed by atoms with Gasteiger partial charge in [0.25, 0.3) is 0 Å². The molecule has 0 aromatic heterocycles. The molecule has 0 bridgehead atoms. The molecule has 7 heteroatoms. The fourth-order valence-electron chi connectivity index (χ4n) is 1.55. The average Bonchev–Trinajstić information content (AvgIpc) is 2.71. The first-order chi connectivity index (χ1) is 9.47. The van der Waals surface area contributed by atoms with Gasteiger partial charge in [-0.25, -0.2) is 4.79 Å². The molecular formula is C13H20N2O4S. The number of hydrogen-bond donors (Lipinski definition) is 1. The summed E-state index contributed by atoms with van der Waals surface area (Å²) in [6, 6.07) is 0.0605. The van der Waals surface area contributed by atoms with E-state index in [0.717, 1.165) is 6.42 Å². The molecule has 0 saturated carbocycles. The molecule has 0 aromatic carbocycles. The molecule has 0 spiro atoms. The van der Waals surface area contributed by atoms with Crippen LogP contribution < -0.4 is 5.32 Å². The summed E-state index contributed by atoms with van der Waals surface area (Å²) in [6.07, 6.45) is 2.08. The van der Waals surface area contributed by atoms with E-state index in [1.165, 1.54) is 22.7 Å². The molecular weight excluding hydrogens is 280 g/mol. The van der Waals surface area contributed by atoms with Crippen molar-refractivity contribution in [3.8, 4) is 0 Å². The van der Waals surface area contributed by atoms with Gasteiger partial charge in [0.2, 0.25) is 11.8 Å². The first-order valence-corrected chi connectivity index (χ1v) is 7.57. The van der Waals surface area contributed by atoms with Gasteiger partial charge >= 0.3 is 5.97 Å². The topological polar surface area (TPSA) is 75.7 Å². The molecule has 1 saturated heterocycles. The molecule has 1 fully saturated rings. The number of carbonyl (C=O) groups is 3. The van der Waals surface area contributed by atoms with Crippen molar-refractivity contribution in [3.05, 3.63) is 11.1 Å². The third kappa shape index (κ3) is 4.88. The minimum absolute atomic E-state index is 0.0605. The normalized spacial score (nSPS) is 18.2. The highest BCUT2D eigenvalue weighted by atomic mass is 32.2. The third-order valence-electron chi connectivity index (χ3n) is 2.76. The molecule has 0 aliphatic carbocycles. The lowest BCUT2D eigenvalue weighted by atomic mass is 10.2. The Bertz CT molecular complexity index is 423. The van der Waals surface area contributed by atoms with Crippen molar-refractivity contribution < 1.29 is 19.1 Å². The number of nitrogens with one attached hydrogen (secondary N) is 1. The minimum atomic E-state index is -0.503. The molecule has 1 N–H and O–H groups in total. The zero-order chi connectivity index (χ0) is 15.1. The predicted octanol–water partition coefficient (Wildman–Crippen LogP) is 0.881. The van der Waals surface area contributed by atoms with Gasteiger partial charge in [-0.05, 0) is 20.3 Å². The van der Waals surface area contributed by atoms with Crippen LogP contribution >= 0.6 is 11.8 Å². The summed E-state index contributed by atoms with van der Waals surface area (Å²) in [5.41, 5.74) is 0. The van der Waals surface area contributed by atoms with Crippen LogP contribution in [-0.4, -0.2) is 47.6 Å². The highest BCUT2D eigenvalue weighted by Crippen LogP contribution is 2.28. The maximum Gasteiger partial charge on any atom is 0.333 e. The summed E-state index contributed by atoms with van der Waals surface area (Å²) < 4.78 is 4.81. The largest absolute Gasteiger partial charge is 0.463 e. The SMILES string of the molecule is CCOC(=O)/C=C1\SCC(=O)N1CC(=O)N[C@@H](C)CC. The van der Waals surface area contributed by atoms with Gasteiger partial charge in [0.15, 0.2) is 0 Å². The highest BCUT2D eigenvalue weighted by Gasteiger charge is 2.29. The van der Waals surface area contributed by atoms with Crippen LogP contribution in [0, 0.1) is 0 Å². The smallest absolute Gasteiger partial charge is 0.333 e. The van der Waals surface area contributed by atoms with Crippen molar-refractivity contribution >= 4 is 29.5 Å². The van der Waals surface area contributed by atoms with E-state index in [9.17, 15) is 14.4 Å². The lowest BCUT2D eigenvalue weighted by molar-refractivity contribution is -0.137. The summed E-state index contributed by atoms with van der Waals surface area (Å²) in [5.74, 6) is -0.672. The monoisotopic (exact) mass is 300 g/mol. The Morgan fingerprint density at radius 2 is 2.20 bits per heavy atom. The van der Waals surface area contributed by atoms with Crippen molar-refractivity contribution in [2.75, 3.05) is 18.9 Å². The van der Waals surface area contributed by atoms with Crippen molar-refractivity contribution in [3.63, 3.8) is 0 Å². The Morgan fingerprint density at radius 3 is 2.80 bits per heavy atom. The molecule has 0 aromatic rings. The van der Waals surface area contributed by atoms with E-state index < -0.39 is 5.97 Å². The Morgan fingerprint density at radius 1 is 1.50 bits per heavy atom. The van der Waals surface area contributed by atoms with Crippen LogP contribution in [0.3, 0.4) is 0 Å². The fraction of sp³-hybridized carbons (Fsp3) is 0.615. The standard InChI is InChI=1S/C13H20N2O4S/c1-4-9(3)14-10(16)7-15-11(17)8-20-12(15)6-13(18)19-5-2/h6,9H,4-5,7-8H2,1-3H3,(H,14,16)/b12-6-/t9-/m0/s1. The fourth-order valence-corrected chi connectivity index (χ4v) is 2.48. The van der Waals surface area contributed by atoms with Crippen LogP contribution in [0.4, 0.5) is 0 Å². The summed E-state index contributed by atoms with van der Waals surface area (Å²) in [6.45, 7) is 5.78. The maximum atomic E-state index is 11.8. The number of nitrogens with zero attached hydrogens (tertiary/aromatic N) is 1. The molecule has 0 radical (unpaired) electrons. The number of amides is 2. The average molecular weight is 300 g/mol. The summed E-state index contributed by atoms with van der Waals surface area (Å²) >= 11 is 1.24. The number of carbonyl (C=O) groups excluding carboxylic acids is 3. The van der Waals surface area contributed by atoms with E-state index >= 15 is 0 Å². The molecule has 1 heterocycles. The zero-order valence-electron chi connectivity index (χ0n) is 12.0. The van der Waals surface area contributed by atoms with Crippen molar-refractivity contribution in [2.24, 2.45) is 0 Å². The minimum Gasteiger partial charge on any atom is -0.463 e. The Labute approximate surface area is 122 Å². The zero-order valence-corrected chi connectivity index (χ0v) is 12.8. The van der Waals surface area contributed by atoms with Crippen LogP contribution in [-0.2, 0) is 19.1 Å². The summed E-state index contributed by atoms with van der Waals surface area (Å²) in [5, 5.41) is 3.26. The lowest BCUT2D eigenvalue weighted by Crippen LogP contribution is -2.41. The van der Waals surface area contributed by atoms with E-state index in [1.54, 1.807) is 6.92 Å². The highest BCUT2D eigenvalue weighted by molar-refractivity contribution is 8.04. The van der Waals surface area contributed by atoms with E-state index in [0.29, 0.717) is 5.03 Å². The van der Waals surface area contributed by atoms with Gasteiger partial charge < -0.3 is 10.1 Å². The van der Waals surface area contributed by atoms with Gasteiger partial charge in [-0.2, -0.15) is 0 Å². The second-order valence-electron chi connectivity index (χ2n) is 4.38. The predicted molar refractivity (Wildman–Crippen MR) is 76.8 cm³/mol. The van der Waals surface area contributed by atoms with Crippen LogP contribution in [0.1, 0.15) is 27.2 Å². The number of rotatable bonds is 6. The van der Waals surface area contributed by atoms with E-state index in [-0.39, 0.29) is 36.8 Å². The Kier molecular flexibility index (Phi) is 6.57. The van der Waals surface area contributed by atoms with Gasteiger partial charge in [0.05, 0.1) is 23.5 Å². The van der Waals surface area contributed by atoms with Crippen LogP contribution in [0.2, 0.25) is 0 Å². The quantitative estimate of drug-likeness (QED) is 0.582. The van der Waals surface area contributed by atoms with Crippen molar-refractivity contribution in [1.82, 2.24) is 10.2 Å². The Hall–Kier alpha value is -1.50. The molecule has 1 atom stereocenters. The van der Waals surface area contributed by atoms with E-state index in [2.05, 4.69) is 5.32 Å². The van der Waals surface area contributed by atoms with E-state index in [4.69, 9.17) is 4.74 Å². The third-order valence-corrected chi connectivity index (χ3v) is 3.79. The number of hydrogen-bond acceptors (Lipinski definition) is 5. The second kappa shape index (κ2) is 7.94. The summed E-state index contributed by atoms with van der Waals surface area (Å²) in [4.78, 5) is 36.3. The Balaban J connectivity index is 2.67. The first kappa shape index (κ1) is 16.6. The molecule has 0 unspecified atom stereocenters. The molecule has 1 aliphatic rings. The first-order valence-electron chi connectivity index (χ1n) is 6.58. The number of ether oxygens (including phenoxy) is 1. The van der Waals surface area contributed by atoms with Crippen LogP contribution in [0.15, 0.2) is 11.1 Å². The maximum absolute atomic E-state index is 11.8. The lowest BCUT2D eigenvalue weighted by Gasteiger charge is -2.18. The van der Waals surface area contributed by atoms with Gasteiger partial charge in [-0.15, -0.1) is 0 Å². The van der Waals surface area contributed by atoms with Crippen molar-refractivity contribution in [2.45, 2.75) is 33.2 Å². The van der Waals surface area contributed by atoms with Crippen molar-refractivity contribution in [1.29, 1.82) is 0 Å². The van der Waals surface area contributed by atoms with Crippen LogP contribution in [0.5, 0.6) is 0 Å². The molecule has 6 nitrogen and oxygen atoms in total. The van der Waals surface area contributed by atoms with Gasteiger partial charge in [-0.3, -0.25) is 14.5 Å². The second-order valence-corrected chi connectivity index (χ2v) is 5.38. The van der Waals surface area contributed by atoms with Gasteiger partial charge in [-0.1, -0.05) is 18.7 Å². The molecule has 2 amide bonds. The van der Waals surface area contributed by atoms with E-state index in [1.807, 2.05) is 13.8 Å². The van der Waals surface area contributed by atoms with Gasteiger partial charge in [0, 0.05) is 6.04 Å². The molecule has 1 rings (SSSR count). The molecule has 1 aliphatic heterocycles. The molecule has 112 valence electrons. The number of esters is 1. The number of thioether (sulfide) groups is 1. The molecule has 20 heavy (non-hydrogen) atoms. The van der Waals surface area contributed by atoms with Gasteiger partial charge in [0.1, 0.15) is 6.54 Å². The summed E-state index contributed by atoms with van der Waals surface area (Å²) in [7, 11) is 0. The van der Waals surface area contributed by atoms with Crippen LogP contribution in [0.25, 0.3) is 0 Å².